The summed E-state index contributed by atoms with van der Waals surface area (Å²) in [4.78, 5) is 31.7. The number of aryl methyl sites for hydroxylation is 2. The molecule has 0 aliphatic carbocycles. The molecule has 31 heavy (non-hydrogen) atoms. The Bertz CT molecular complexity index is 924. The van der Waals surface area contributed by atoms with Crippen molar-refractivity contribution in [3.8, 4) is 0 Å². The molecule has 0 atom stereocenters. The zero-order valence-corrected chi connectivity index (χ0v) is 18.7. The number of aromatic nitrogens is 2. The van der Waals surface area contributed by atoms with Gasteiger partial charge in [-0.15, -0.1) is 0 Å². The summed E-state index contributed by atoms with van der Waals surface area (Å²) in [6, 6.07) is 9.91. The number of likely N-dealkylation sites (tertiary alicyclic amines) is 1. The van der Waals surface area contributed by atoms with Crippen LogP contribution in [0.25, 0.3) is 0 Å². The summed E-state index contributed by atoms with van der Waals surface area (Å²) in [5, 5.41) is 4.52. The Hall–Kier alpha value is -2.67. The second-order valence-electron chi connectivity index (χ2n) is 8.79. The first-order valence-corrected chi connectivity index (χ1v) is 11.4. The molecule has 2 aliphatic heterocycles. The van der Waals surface area contributed by atoms with E-state index in [1.807, 2.05) is 52.6 Å². The summed E-state index contributed by atoms with van der Waals surface area (Å²) in [6.07, 6.45) is 3.46. The number of piperidine rings is 1. The van der Waals surface area contributed by atoms with E-state index in [2.05, 4.69) is 16.1 Å². The minimum Gasteiger partial charge on any atom is -0.342 e. The molecule has 0 saturated carbocycles. The normalized spacial score (nSPS) is 17.7. The van der Waals surface area contributed by atoms with E-state index in [1.165, 1.54) is 6.42 Å². The molecule has 2 amide bonds. The van der Waals surface area contributed by atoms with E-state index in [4.69, 9.17) is 0 Å². The molecular weight excluding hydrogens is 390 g/mol. The van der Waals surface area contributed by atoms with Crippen molar-refractivity contribution in [3.05, 3.63) is 52.8 Å². The Morgan fingerprint density at radius 1 is 0.903 bits per heavy atom. The highest BCUT2D eigenvalue weighted by Crippen LogP contribution is 2.14. The highest BCUT2D eigenvalue weighted by atomic mass is 16.2. The predicted molar refractivity (Wildman–Crippen MR) is 120 cm³/mol. The third-order valence-corrected chi connectivity index (χ3v) is 6.34. The summed E-state index contributed by atoms with van der Waals surface area (Å²) in [5.41, 5.74) is 3.91. The van der Waals surface area contributed by atoms with Crippen molar-refractivity contribution < 1.29 is 9.59 Å². The quantitative estimate of drug-likeness (QED) is 0.741. The Labute approximate surface area is 184 Å². The first-order chi connectivity index (χ1) is 15.0. The standard InChI is InChI=1S/C24H33N5O2/c1-19-15-20(2)29(25-19)17-21-7-6-8-22(16-21)24(31)28-13-11-26(12-14-28)18-23(30)27-9-4-3-5-10-27/h6-8,15-16H,3-5,9-14,17-18H2,1-2H3. The number of piperazine rings is 1. The van der Waals surface area contributed by atoms with Gasteiger partial charge < -0.3 is 9.80 Å². The molecule has 1 aromatic heterocycles. The van der Waals surface area contributed by atoms with Crippen LogP contribution in [0.5, 0.6) is 0 Å². The van der Waals surface area contributed by atoms with Gasteiger partial charge >= 0.3 is 0 Å². The number of hydrogen-bond acceptors (Lipinski definition) is 4. The van der Waals surface area contributed by atoms with Crippen LogP contribution in [0.1, 0.15) is 46.6 Å². The van der Waals surface area contributed by atoms with Crippen LogP contribution < -0.4 is 0 Å². The molecule has 3 heterocycles. The van der Waals surface area contributed by atoms with Crippen LogP contribution in [-0.4, -0.2) is 82.1 Å². The Morgan fingerprint density at radius 3 is 2.32 bits per heavy atom. The first-order valence-electron chi connectivity index (χ1n) is 11.4. The molecule has 7 heteroatoms. The maximum absolute atomic E-state index is 13.1. The molecule has 7 nitrogen and oxygen atoms in total. The predicted octanol–water partition coefficient (Wildman–Crippen LogP) is 2.32. The molecule has 0 radical (unpaired) electrons. The lowest BCUT2D eigenvalue weighted by Gasteiger charge is -2.36. The number of benzene rings is 1. The fraction of sp³-hybridized carbons (Fsp3) is 0.542. The topological polar surface area (TPSA) is 61.7 Å². The van der Waals surface area contributed by atoms with Crippen molar-refractivity contribution in [3.63, 3.8) is 0 Å². The largest absolute Gasteiger partial charge is 0.342 e. The second-order valence-corrected chi connectivity index (χ2v) is 8.79. The molecular formula is C24H33N5O2. The van der Waals surface area contributed by atoms with E-state index in [-0.39, 0.29) is 11.8 Å². The number of hydrogen-bond donors (Lipinski definition) is 0. The van der Waals surface area contributed by atoms with Gasteiger partial charge in [0, 0.05) is 50.5 Å². The summed E-state index contributed by atoms with van der Waals surface area (Å²) >= 11 is 0. The van der Waals surface area contributed by atoms with Crippen molar-refractivity contribution in [2.24, 2.45) is 0 Å². The molecule has 2 aliphatic rings. The number of nitrogens with zero attached hydrogens (tertiary/aromatic N) is 5. The van der Waals surface area contributed by atoms with Crippen molar-refractivity contribution in [2.75, 3.05) is 45.8 Å². The van der Waals surface area contributed by atoms with Gasteiger partial charge in [0.25, 0.3) is 5.91 Å². The summed E-state index contributed by atoms with van der Waals surface area (Å²) in [5.74, 6) is 0.300. The molecule has 0 N–H and O–H groups in total. The number of carbonyl (C=O) groups is 2. The highest BCUT2D eigenvalue weighted by molar-refractivity contribution is 5.94. The van der Waals surface area contributed by atoms with Gasteiger partial charge in [-0.05, 0) is 56.9 Å². The van der Waals surface area contributed by atoms with E-state index in [1.54, 1.807) is 0 Å². The number of carbonyl (C=O) groups excluding carboxylic acids is 2. The summed E-state index contributed by atoms with van der Waals surface area (Å²) < 4.78 is 1.97. The van der Waals surface area contributed by atoms with Gasteiger partial charge in [-0.3, -0.25) is 19.2 Å². The van der Waals surface area contributed by atoms with Crippen molar-refractivity contribution in [1.29, 1.82) is 0 Å². The molecule has 2 aromatic rings. The smallest absolute Gasteiger partial charge is 0.253 e. The summed E-state index contributed by atoms with van der Waals surface area (Å²) in [6.45, 7) is 9.77. The zero-order chi connectivity index (χ0) is 21.8. The van der Waals surface area contributed by atoms with Gasteiger partial charge in [-0.2, -0.15) is 5.10 Å². The maximum Gasteiger partial charge on any atom is 0.253 e. The van der Waals surface area contributed by atoms with Gasteiger partial charge in [-0.25, -0.2) is 0 Å². The lowest BCUT2D eigenvalue weighted by Crippen LogP contribution is -2.52. The molecule has 0 unspecified atom stereocenters. The van der Waals surface area contributed by atoms with Crippen LogP contribution in [0.3, 0.4) is 0 Å². The van der Waals surface area contributed by atoms with Crippen LogP contribution in [-0.2, 0) is 11.3 Å². The number of rotatable bonds is 5. The molecule has 166 valence electrons. The maximum atomic E-state index is 13.1. The molecule has 0 spiro atoms. The monoisotopic (exact) mass is 423 g/mol. The summed E-state index contributed by atoms with van der Waals surface area (Å²) in [7, 11) is 0. The fourth-order valence-electron chi connectivity index (χ4n) is 4.54. The van der Waals surface area contributed by atoms with Gasteiger partial charge in [0.1, 0.15) is 0 Å². The second kappa shape index (κ2) is 9.64. The Balaban J connectivity index is 1.31. The molecule has 1 aromatic carbocycles. The lowest BCUT2D eigenvalue weighted by atomic mass is 10.1. The van der Waals surface area contributed by atoms with Crippen LogP contribution in [0.2, 0.25) is 0 Å². The molecule has 2 saturated heterocycles. The fourth-order valence-corrected chi connectivity index (χ4v) is 4.54. The van der Waals surface area contributed by atoms with Crippen molar-refractivity contribution in [1.82, 2.24) is 24.5 Å². The van der Waals surface area contributed by atoms with Crippen molar-refractivity contribution >= 4 is 11.8 Å². The van der Waals surface area contributed by atoms with Gasteiger partial charge in [-0.1, -0.05) is 12.1 Å². The zero-order valence-electron chi connectivity index (χ0n) is 18.7. The van der Waals surface area contributed by atoms with E-state index in [9.17, 15) is 9.59 Å². The first kappa shape index (κ1) is 21.6. The molecule has 2 fully saturated rings. The van der Waals surface area contributed by atoms with Gasteiger partial charge in [0.2, 0.25) is 5.91 Å². The van der Waals surface area contributed by atoms with Crippen LogP contribution in [0.4, 0.5) is 0 Å². The average Bonchev–Trinajstić information content (AvgIpc) is 3.11. The van der Waals surface area contributed by atoms with Gasteiger partial charge in [0.05, 0.1) is 18.8 Å². The van der Waals surface area contributed by atoms with E-state index >= 15 is 0 Å². The van der Waals surface area contributed by atoms with E-state index in [0.29, 0.717) is 26.2 Å². The van der Waals surface area contributed by atoms with E-state index < -0.39 is 0 Å². The highest BCUT2D eigenvalue weighted by Gasteiger charge is 2.25. The molecule has 0 bridgehead atoms. The Morgan fingerprint density at radius 2 is 1.65 bits per heavy atom. The van der Waals surface area contributed by atoms with E-state index in [0.717, 1.165) is 61.5 Å². The van der Waals surface area contributed by atoms with Crippen LogP contribution in [0, 0.1) is 13.8 Å². The average molecular weight is 424 g/mol. The lowest BCUT2D eigenvalue weighted by molar-refractivity contribution is -0.133. The Kier molecular flexibility index (Phi) is 6.70. The SMILES string of the molecule is Cc1cc(C)n(Cc2cccc(C(=O)N3CCN(CC(=O)N4CCCCC4)CC3)c2)n1. The van der Waals surface area contributed by atoms with Crippen LogP contribution in [0.15, 0.2) is 30.3 Å². The third-order valence-electron chi connectivity index (χ3n) is 6.34. The van der Waals surface area contributed by atoms with Crippen molar-refractivity contribution in [2.45, 2.75) is 39.7 Å². The van der Waals surface area contributed by atoms with Crippen LogP contribution >= 0.6 is 0 Å². The minimum atomic E-state index is 0.0669. The third kappa shape index (κ3) is 5.34. The number of amides is 2. The molecule has 4 rings (SSSR count). The van der Waals surface area contributed by atoms with Gasteiger partial charge in [0.15, 0.2) is 0 Å². The minimum absolute atomic E-state index is 0.0669.